The Bertz CT molecular complexity index is 783. The van der Waals surface area contributed by atoms with Gasteiger partial charge in [0.2, 0.25) is 0 Å². The van der Waals surface area contributed by atoms with E-state index in [1.165, 1.54) is 31.5 Å². The number of amides is 1. The molecule has 1 saturated heterocycles. The van der Waals surface area contributed by atoms with Crippen molar-refractivity contribution < 1.29 is 14.3 Å². The van der Waals surface area contributed by atoms with Crippen molar-refractivity contribution in [1.82, 2.24) is 10.2 Å². The highest BCUT2D eigenvalue weighted by atomic mass is 16.5. The summed E-state index contributed by atoms with van der Waals surface area (Å²) in [5.41, 5.74) is 2.94. The Balaban J connectivity index is 1.66. The molecule has 1 fully saturated rings. The van der Waals surface area contributed by atoms with Gasteiger partial charge >= 0.3 is 0 Å². The predicted molar refractivity (Wildman–Crippen MR) is 111 cm³/mol. The monoisotopic (exact) mass is 382 g/mol. The minimum absolute atomic E-state index is 0.0608. The zero-order valence-corrected chi connectivity index (χ0v) is 17.0. The van der Waals surface area contributed by atoms with Crippen LogP contribution in [-0.4, -0.2) is 38.1 Å². The van der Waals surface area contributed by atoms with Gasteiger partial charge in [-0.25, -0.2) is 0 Å². The van der Waals surface area contributed by atoms with Gasteiger partial charge in [0, 0.05) is 12.1 Å². The van der Waals surface area contributed by atoms with Gasteiger partial charge in [0.15, 0.2) is 11.5 Å². The molecule has 1 N–H and O–H groups in total. The van der Waals surface area contributed by atoms with Crippen LogP contribution in [-0.2, 0) is 6.54 Å². The first-order chi connectivity index (χ1) is 13.6. The highest BCUT2D eigenvalue weighted by Crippen LogP contribution is 2.31. The van der Waals surface area contributed by atoms with E-state index in [9.17, 15) is 4.79 Å². The quantitative estimate of drug-likeness (QED) is 0.744. The van der Waals surface area contributed by atoms with E-state index in [0.29, 0.717) is 17.1 Å². The maximum Gasteiger partial charge on any atom is 0.251 e. The van der Waals surface area contributed by atoms with Crippen molar-refractivity contribution in [2.75, 3.05) is 27.3 Å². The van der Waals surface area contributed by atoms with Crippen LogP contribution in [0, 0.1) is 0 Å². The molecule has 3 rings (SSSR count). The standard InChI is InChI=1S/C23H30N2O3/c1-4-20(19-11-12-21(27-2)22(15-19)28-3)24-23(26)18-9-7-17(8-10-18)16-25-13-5-6-14-25/h7-12,15,20H,4-6,13-14,16H2,1-3H3,(H,24,26)/t20-/m0/s1. The number of benzene rings is 2. The molecule has 2 aromatic carbocycles. The molecule has 0 aliphatic carbocycles. The Kier molecular flexibility index (Phi) is 6.93. The van der Waals surface area contributed by atoms with Crippen LogP contribution in [0.4, 0.5) is 0 Å². The van der Waals surface area contributed by atoms with Crippen molar-refractivity contribution in [2.24, 2.45) is 0 Å². The lowest BCUT2D eigenvalue weighted by Crippen LogP contribution is -2.28. The molecule has 0 unspecified atom stereocenters. The van der Waals surface area contributed by atoms with E-state index in [2.05, 4.69) is 29.3 Å². The van der Waals surface area contributed by atoms with Crippen molar-refractivity contribution in [3.8, 4) is 11.5 Å². The number of hydrogen-bond donors (Lipinski definition) is 1. The molecule has 2 aromatic rings. The zero-order chi connectivity index (χ0) is 19.9. The third-order valence-corrected chi connectivity index (χ3v) is 5.34. The number of carbonyl (C=O) groups excluding carboxylic acids is 1. The number of ether oxygens (including phenoxy) is 2. The van der Waals surface area contributed by atoms with Gasteiger partial charge in [-0.15, -0.1) is 0 Å². The van der Waals surface area contributed by atoms with E-state index in [1.54, 1.807) is 14.2 Å². The Labute approximate surface area is 167 Å². The van der Waals surface area contributed by atoms with E-state index in [0.717, 1.165) is 18.5 Å². The van der Waals surface area contributed by atoms with Gasteiger partial charge in [0.1, 0.15) is 0 Å². The molecular weight excluding hydrogens is 352 g/mol. The molecule has 0 bridgehead atoms. The Morgan fingerprint density at radius 3 is 2.32 bits per heavy atom. The van der Waals surface area contributed by atoms with E-state index in [1.807, 2.05) is 30.3 Å². The molecule has 1 aliphatic rings. The first-order valence-electron chi connectivity index (χ1n) is 9.98. The number of hydrogen-bond acceptors (Lipinski definition) is 4. The highest BCUT2D eigenvalue weighted by molar-refractivity contribution is 5.94. The summed E-state index contributed by atoms with van der Waals surface area (Å²) in [4.78, 5) is 15.2. The van der Waals surface area contributed by atoms with Crippen LogP contribution in [0.5, 0.6) is 11.5 Å². The average Bonchev–Trinajstić information content (AvgIpc) is 3.24. The highest BCUT2D eigenvalue weighted by Gasteiger charge is 2.17. The summed E-state index contributed by atoms with van der Waals surface area (Å²) in [6, 6.07) is 13.6. The number of carbonyl (C=O) groups is 1. The van der Waals surface area contributed by atoms with Crippen molar-refractivity contribution in [3.63, 3.8) is 0 Å². The molecule has 1 heterocycles. The normalized spacial score (nSPS) is 15.2. The second-order valence-electron chi connectivity index (χ2n) is 7.23. The Morgan fingerprint density at radius 1 is 1.04 bits per heavy atom. The van der Waals surface area contributed by atoms with E-state index < -0.39 is 0 Å². The van der Waals surface area contributed by atoms with Gasteiger partial charge in [-0.2, -0.15) is 0 Å². The fraction of sp³-hybridized carbons (Fsp3) is 0.435. The maximum atomic E-state index is 12.7. The average molecular weight is 383 g/mol. The largest absolute Gasteiger partial charge is 0.493 e. The molecule has 1 aliphatic heterocycles. The molecule has 0 radical (unpaired) electrons. The smallest absolute Gasteiger partial charge is 0.251 e. The number of rotatable bonds is 8. The first kappa shape index (κ1) is 20.2. The molecule has 0 saturated carbocycles. The van der Waals surface area contributed by atoms with E-state index in [4.69, 9.17) is 9.47 Å². The van der Waals surface area contributed by atoms with Gasteiger partial charge < -0.3 is 14.8 Å². The van der Waals surface area contributed by atoms with Crippen LogP contribution >= 0.6 is 0 Å². The molecule has 150 valence electrons. The minimum Gasteiger partial charge on any atom is -0.493 e. The predicted octanol–water partition coefficient (Wildman–Crippen LogP) is 4.18. The molecule has 1 atom stereocenters. The van der Waals surface area contributed by atoms with E-state index in [-0.39, 0.29) is 11.9 Å². The van der Waals surface area contributed by atoms with Crippen molar-refractivity contribution >= 4 is 5.91 Å². The Hall–Kier alpha value is -2.53. The summed E-state index contributed by atoms with van der Waals surface area (Å²) >= 11 is 0. The molecule has 0 spiro atoms. The van der Waals surface area contributed by atoms with Gasteiger partial charge in [0.05, 0.1) is 20.3 Å². The summed E-state index contributed by atoms with van der Waals surface area (Å²) in [6.07, 6.45) is 3.36. The second kappa shape index (κ2) is 9.60. The third kappa shape index (κ3) is 4.84. The second-order valence-corrected chi connectivity index (χ2v) is 7.23. The minimum atomic E-state index is -0.0865. The molecule has 5 heteroatoms. The topological polar surface area (TPSA) is 50.8 Å². The lowest BCUT2D eigenvalue weighted by molar-refractivity contribution is 0.0935. The SMILES string of the molecule is CC[C@H](NC(=O)c1ccc(CN2CCCC2)cc1)c1ccc(OC)c(OC)c1. The fourth-order valence-electron chi connectivity index (χ4n) is 3.69. The van der Waals surface area contributed by atoms with Crippen molar-refractivity contribution in [3.05, 3.63) is 59.2 Å². The van der Waals surface area contributed by atoms with Crippen molar-refractivity contribution in [2.45, 2.75) is 38.8 Å². The summed E-state index contributed by atoms with van der Waals surface area (Å²) in [5.74, 6) is 1.29. The lowest BCUT2D eigenvalue weighted by Gasteiger charge is -2.19. The summed E-state index contributed by atoms with van der Waals surface area (Å²) in [7, 11) is 3.23. The summed E-state index contributed by atoms with van der Waals surface area (Å²) in [5, 5.41) is 3.13. The number of nitrogens with one attached hydrogen (secondary N) is 1. The molecule has 0 aromatic heterocycles. The molecule has 1 amide bonds. The fourth-order valence-corrected chi connectivity index (χ4v) is 3.69. The van der Waals surface area contributed by atoms with Crippen LogP contribution in [0.3, 0.4) is 0 Å². The van der Waals surface area contributed by atoms with Crippen LogP contribution in [0.2, 0.25) is 0 Å². The zero-order valence-electron chi connectivity index (χ0n) is 17.0. The number of methoxy groups -OCH3 is 2. The summed E-state index contributed by atoms with van der Waals surface area (Å²) in [6.45, 7) is 5.36. The van der Waals surface area contributed by atoms with Crippen LogP contribution in [0.1, 0.15) is 53.7 Å². The van der Waals surface area contributed by atoms with Gasteiger partial charge in [0.25, 0.3) is 5.91 Å². The van der Waals surface area contributed by atoms with Crippen LogP contribution in [0.25, 0.3) is 0 Å². The summed E-state index contributed by atoms with van der Waals surface area (Å²) < 4.78 is 10.7. The number of likely N-dealkylation sites (tertiary alicyclic amines) is 1. The van der Waals surface area contributed by atoms with Crippen LogP contribution < -0.4 is 14.8 Å². The first-order valence-corrected chi connectivity index (χ1v) is 9.98. The molecule has 28 heavy (non-hydrogen) atoms. The Morgan fingerprint density at radius 2 is 1.71 bits per heavy atom. The molecular formula is C23H30N2O3. The third-order valence-electron chi connectivity index (χ3n) is 5.34. The molecule has 5 nitrogen and oxygen atoms in total. The van der Waals surface area contributed by atoms with Crippen LogP contribution in [0.15, 0.2) is 42.5 Å². The van der Waals surface area contributed by atoms with Gasteiger partial charge in [-0.3, -0.25) is 9.69 Å². The maximum absolute atomic E-state index is 12.7. The van der Waals surface area contributed by atoms with Gasteiger partial charge in [-0.05, 0) is 67.7 Å². The van der Waals surface area contributed by atoms with Gasteiger partial charge in [-0.1, -0.05) is 25.1 Å². The van der Waals surface area contributed by atoms with Crippen molar-refractivity contribution in [1.29, 1.82) is 0 Å². The number of nitrogens with zero attached hydrogens (tertiary/aromatic N) is 1. The van der Waals surface area contributed by atoms with E-state index >= 15 is 0 Å². The lowest BCUT2D eigenvalue weighted by atomic mass is 10.0.